The van der Waals surface area contributed by atoms with Crippen LogP contribution in [-0.2, 0) is 4.74 Å². The van der Waals surface area contributed by atoms with Gasteiger partial charge in [-0.1, -0.05) is 0 Å². The standard InChI is InChI=1S/C5H12N2O/c1-4-7(2)6-5-8-3/h5H,4H2,1-3H3/b6-5-. The van der Waals surface area contributed by atoms with Gasteiger partial charge >= 0.3 is 0 Å². The molecule has 0 rings (SSSR count). The van der Waals surface area contributed by atoms with Crippen LogP contribution in [0.15, 0.2) is 5.10 Å². The molecule has 48 valence electrons. The van der Waals surface area contributed by atoms with Gasteiger partial charge < -0.3 is 4.74 Å². The van der Waals surface area contributed by atoms with Crippen molar-refractivity contribution in [3.8, 4) is 0 Å². The number of nitrogens with zero attached hydrogens (tertiary/aromatic N) is 2. The summed E-state index contributed by atoms with van der Waals surface area (Å²) >= 11 is 0. The van der Waals surface area contributed by atoms with Crippen LogP contribution < -0.4 is 0 Å². The van der Waals surface area contributed by atoms with Gasteiger partial charge in [0.15, 0.2) is 6.40 Å². The number of hydrazone groups is 1. The average Bonchev–Trinajstić information content (AvgIpc) is 1.83. The zero-order valence-corrected chi connectivity index (χ0v) is 5.59. The highest BCUT2D eigenvalue weighted by Crippen LogP contribution is 1.77. The highest BCUT2D eigenvalue weighted by molar-refractivity contribution is 5.45. The fourth-order valence-electron chi connectivity index (χ4n) is 0.209. The predicted octanol–water partition coefficient (Wildman–Crippen LogP) is 0.528. The lowest BCUT2D eigenvalue weighted by molar-refractivity contribution is 0.345. The van der Waals surface area contributed by atoms with E-state index in [2.05, 4.69) is 9.84 Å². The lowest BCUT2D eigenvalue weighted by Crippen LogP contribution is -2.09. The third-order valence-electron chi connectivity index (χ3n) is 0.807. The molecule has 0 N–H and O–H groups in total. The second-order valence-corrected chi connectivity index (χ2v) is 1.43. The largest absolute Gasteiger partial charge is 0.485 e. The van der Waals surface area contributed by atoms with Crippen molar-refractivity contribution in [3.05, 3.63) is 0 Å². The molecule has 0 spiro atoms. The molecule has 0 aliphatic heterocycles. The Balaban J connectivity index is 3.21. The lowest BCUT2D eigenvalue weighted by Gasteiger charge is -2.06. The lowest BCUT2D eigenvalue weighted by atomic mass is 10.7. The van der Waals surface area contributed by atoms with E-state index in [0.717, 1.165) is 6.54 Å². The molecule has 0 atom stereocenters. The fourth-order valence-corrected chi connectivity index (χ4v) is 0.209. The number of hydrogen-bond donors (Lipinski definition) is 0. The zero-order valence-electron chi connectivity index (χ0n) is 5.59. The van der Waals surface area contributed by atoms with Gasteiger partial charge in [0.1, 0.15) is 0 Å². The van der Waals surface area contributed by atoms with Crippen molar-refractivity contribution in [1.29, 1.82) is 0 Å². The van der Waals surface area contributed by atoms with Crippen LogP contribution in [0.5, 0.6) is 0 Å². The summed E-state index contributed by atoms with van der Waals surface area (Å²) in [7, 11) is 3.46. The van der Waals surface area contributed by atoms with Gasteiger partial charge in [-0.15, -0.1) is 5.10 Å². The van der Waals surface area contributed by atoms with Crippen molar-refractivity contribution in [2.24, 2.45) is 5.10 Å². The molecule has 0 aliphatic rings. The average molecular weight is 116 g/mol. The SMILES string of the molecule is CCN(C)/N=C\OC. The Bertz CT molecular complexity index is 72.8. The van der Waals surface area contributed by atoms with E-state index < -0.39 is 0 Å². The molecular formula is C5H12N2O. The molecule has 0 bridgehead atoms. The molecule has 0 aromatic heterocycles. The zero-order chi connectivity index (χ0) is 6.41. The first-order valence-corrected chi connectivity index (χ1v) is 2.57. The van der Waals surface area contributed by atoms with E-state index in [1.165, 1.54) is 6.40 Å². The van der Waals surface area contributed by atoms with Crippen molar-refractivity contribution in [2.45, 2.75) is 6.92 Å². The minimum atomic E-state index is 0.903. The van der Waals surface area contributed by atoms with Gasteiger partial charge in [0.2, 0.25) is 0 Å². The highest BCUT2D eigenvalue weighted by atomic mass is 16.5. The van der Waals surface area contributed by atoms with Crippen LogP contribution in [0.3, 0.4) is 0 Å². The van der Waals surface area contributed by atoms with E-state index in [-0.39, 0.29) is 0 Å². The van der Waals surface area contributed by atoms with Crippen LogP contribution in [0, 0.1) is 0 Å². The Morgan fingerprint density at radius 1 is 1.75 bits per heavy atom. The Morgan fingerprint density at radius 3 is 2.75 bits per heavy atom. The molecule has 8 heavy (non-hydrogen) atoms. The molecule has 3 nitrogen and oxygen atoms in total. The first kappa shape index (κ1) is 7.27. The second kappa shape index (κ2) is 4.43. The van der Waals surface area contributed by atoms with E-state index in [4.69, 9.17) is 0 Å². The summed E-state index contributed by atoms with van der Waals surface area (Å²) in [4.78, 5) is 0. The normalized spacial score (nSPS) is 9.88. The fraction of sp³-hybridized carbons (Fsp3) is 0.800. The smallest absolute Gasteiger partial charge is 0.192 e. The molecule has 0 fully saturated rings. The van der Waals surface area contributed by atoms with Crippen molar-refractivity contribution in [1.82, 2.24) is 5.01 Å². The molecule has 0 radical (unpaired) electrons. The summed E-state index contributed by atoms with van der Waals surface area (Å²) in [5, 5.41) is 5.63. The highest BCUT2D eigenvalue weighted by Gasteiger charge is 1.79. The predicted molar refractivity (Wildman–Crippen MR) is 33.8 cm³/mol. The quantitative estimate of drug-likeness (QED) is 0.305. The van der Waals surface area contributed by atoms with E-state index in [1.54, 1.807) is 12.1 Å². The Kier molecular flexibility index (Phi) is 4.03. The van der Waals surface area contributed by atoms with Gasteiger partial charge in [-0.3, -0.25) is 5.01 Å². The summed E-state index contributed by atoms with van der Waals surface area (Å²) < 4.78 is 4.58. The Morgan fingerprint density at radius 2 is 2.38 bits per heavy atom. The molecule has 0 aromatic carbocycles. The summed E-state index contributed by atoms with van der Waals surface area (Å²) in [6, 6.07) is 0. The molecule has 0 aromatic rings. The van der Waals surface area contributed by atoms with E-state index >= 15 is 0 Å². The third kappa shape index (κ3) is 3.46. The van der Waals surface area contributed by atoms with Gasteiger partial charge in [-0.25, -0.2) is 0 Å². The van der Waals surface area contributed by atoms with Gasteiger partial charge in [-0.2, -0.15) is 0 Å². The van der Waals surface area contributed by atoms with Crippen LogP contribution in [0.2, 0.25) is 0 Å². The number of rotatable bonds is 3. The maximum atomic E-state index is 4.58. The molecule has 0 aliphatic carbocycles. The first-order chi connectivity index (χ1) is 3.81. The second-order valence-electron chi connectivity index (χ2n) is 1.43. The monoisotopic (exact) mass is 116 g/mol. The number of hydrogen-bond acceptors (Lipinski definition) is 3. The molecule has 3 heteroatoms. The topological polar surface area (TPSA) is 24.8 Å². The van der Waals surface area contributed by atoms with Crippen molar-refractivity contribution < 1.29 is 4.74 Å². The van der Waals surface area contributed by atoms with Crippen LogP contribution in [0.1, 0.15) is 6.92 Å². The minimum absolute atomic E-state index is 0.903. The summed E-state index contributed by atoms with van der Waals surface area (Å²) in [6.07, 6.45) is 1.41. The molecule has 0 amide bonds. The molecule has 0 saturated carbocycles. The van der Waals surface area contributed by atoms with Crippen LogP contribution in [0.25, 0.3) is 0 Å². The van der Waals surface area contributed by atoms with Crippen molar-refractivity contribution >= 4 is 6.40 Å². The van der Waals surface area contributed by atoms with Gasteiger partial charge in [0, 0.05) is 13.6 Å². The minimum Gasteiger partial charge on any atom is -0.485 e. The van der Waals surface area contributed by atoms with Gasteiger partial charge in [-0.05, 0) is 6.92 Å². The summed E-state index contributed by atoms with van der Waals surface area (Å²) in [5.74, 6) is 0. The van der Waals surface area contributed by atoms with Crippen molar-refractivity contribution in [2.75, 3.05) is 20.7 Å². The van der Waals surface area contributed by atoms with E-state index in [0.29, 0.717) is 0 Å². The van der Waals surface area contributed by atoms with Crippen LogP contribution in [-0.4, -0.2) is 32.1 Å². The Hall–Kier alpha value is -0.730. The summed E-state index contributed by atoms with van der Waals surface area (Å²) in [5.41, 5.74) is 0. The maximum absolute atomic E-state index is 4.58. The van der Waals surface area contributed by atoms with E-state index in [1.807, 2.05) is 14.0 Å². The first-order valence-electron chi connectivity index (χ1n) is 2.57. The Labute approximate surface area is 49.9 Å². The number of ether oxygens (including phenoxy) is 1. The third-order valence-corrected chi connectivity index (χ3v) is 0.807. The van der Waals surface area contributed by atoms with E-state index in [9.17, 15) is 0 Å². The van der Waals surface area contributed by atoms with Crippen LogP contribution in [0.4, 0.5) is 0 Å². The molecule has 0 saturated heterocycles. The molecular weight excluding hydrogens is 104 g/mol. The number of methoxy groups -OCH3 is 1. The van der Waals surface area contributed by atoms with Crippen LogP contribution >= 0.6 is 0 Å². The molecule has 0 unspecified atom stereocenters. The molecule has 0 heterocycles. The van der Waals surface area contributed by atoms with Crippen molar-refractivity contribution in [3.63, 3.8) is 0 Å². The van der Waals surface area contributed by atoms with Gasteiger partial charge in [0.05, 0.1) is 7.11 Å². The maximum Gasteiger partial charge on any atom is 0.192 e. The summed E-state index contributed by atoms with van der Waals surface area (Å²) in [6.45, 7) is 2.92. The van der Waals surface area contributed by atoms with Gasteiger partial charge in [0.25, 0.3) is 0 Å².